The van der Waals surface area contributed by atoms with E-state index in [0.717, 1.165) is 13.0 Å². The minimum Gasteiger partial charge on any atom is -0.465 e. The summed E-state index contributed by atoms with van der Waals surface area (Å²) in [5, 5.41) is 3.06. The van der Waals surface area contributed by atoms with Crippen molar-refractivity contribution in [3.05, 3.63) is 0 Å². The molecule has 1 N–H and O–H groups in total. The Bertz CT molecular complexity index is 144. The molecule has 0 bridgehead atoms. The van der Waals surface area contributed by atoms with Crippen LogP contribution in [0.15, 0.2) is 0 Å². The molecule has 0 rings (SSSR count). The van der Waals surface area contributed by atoms with Crippen LogP contribution in [0, 0.1) is 0 Å². The molecule has 0 saturated heterocycles. The molecule has 0 amide bonds. The van der Waals surface area contributed by atoms with Crippen molar-refractivity contribution >= 4 is 18.4 Å². The molecule has 14 heavy (non-hydrogen) atoms. The van der Waals surface area contributed by atoms with E-state index in [1.807, 2.05) is 6.92 Å². The highest BCUT2D eigenvalue weighted by molar-refractivity contribution is 5.85. The third-order valence-electron chi connectivity index (χ3n) is 1.55. The normalized spacial score (nSPS) is 11.6. The summed E-state index contributed by atoms with van der Waals surface area (Å²) in [4.78, 5) is 11.3. The summed E-state index contributed by atoms with van der Waals surface area (Å²) in [5.74, 6) is -0.238. The van der Waals surface area contributed by atoms with Crippen LogP contribution in [0.2, 0.25) is 0 Å². The second-order valence-corrected chi connectivity index (χ2v) is 2.71. The SMILES string of the molecule is CCCNC(COC)C(=O)OCC.Cl. The maximum atomic E-state index is 11.3. The maximum absolute atomic E-state index is 11.3. The Hall–Kier alpha value is -0.320. The van der Waals surface area contributed by atoms with E-state index in [2.05, 4.69) is 5.32 Å². The minimum atomic E-state index is -0.329. The second-order valence-electron chi connectivity index (χ2n) is 2.71. The predicted molar refractivity (Wildman–Crippen MR) is 57.8 cm³/mol. The first-order valence-electron chi connectivity index (χ1n) is 4.65. The highest BCUT2D eigenvalue weighted by Crippen LogP contribution is 1.91. The van der Waals surface area contributed by atoms with Crippen molar-refractivity contribution < 1.29 is 14.3 Å². The van der Waals surface area contributed by atoms with Crippen molar-refractivity contribution in [3.63, 3.8) is 0 Å². The highest BCUT2D eigenvalue weighted by Gasteiger charge is 2.17. The summed E-state index contributed by atoms with van der Waals surface area (Å²) in [7, 11) is 1.57. The summed E-state index contributed by atoms with van der Waals surface area (Å²) in [6, 6.07) is -0.329. The number of halogens is 1. The summed E-state index contributed by atoms with van der Waals surface area (Å²) < 4.78 is 9.78. The maximum Gasteiger partial charge on any atom is 0.325 e. The zero-order valence-electron chi connectivity index (χ0n) is 9.04. The van der Waals surface area contributed by atoms with Gasteiger partial charge in [-0.3, -0.25) is 4.79 Å². The molecule has 0 saturated carbocycles. The van der Waals surface area contributed by atoms with Gasteiger partial charge in [0.2, 0.25) is 0 Å². The molecule has 4 nitrogen and oxygen atoms in total. The van der Waals surface area contributed by atoms with Crippen LogP contribution in [0.3, 0.4) is 0 Å². The Balaban J connectivity index is 0. The van der Waals surface area contributed by atoms with Gasteiger partial charge >= 0.3 is 5.97 Å². The van der Waals surface area contributed by atoms with Crippen LogP contribution in [0.1, 0.15) is 20.3 Å². The lowest BCUT2D eigenvalue weighted by atomic mass is 10.3. The number of rotatable bonds is 7. The molecule has 86 valence electrons. The summed E-state index contributed by atoms with van der Waals surface area (Å²) >= 11 is 0. The van der Waals surface area contributed by atoms with E-state index in [0.29, 0.717) is 13.2 Å². The number of carbonyl (C=O) groups is 1. The Morgan fingerprint density at radius 1 is 1.43 bits per heavy atom. The molecular weight excluding hydrogens is 206 g/mol. The molecule has 1 unspecified atom stereocenters. The van der Waals surface area contributed by atoms with Gasteiger partial charge in [-0.15, -0.1) is 12.4 Å². The third kappa shape index (κ3) is 7.12. The van der Waals surface area contributed by atoms with Crippen molar-refractivity contribution in [2.24, 2.45) is 0 Å². The van der Waals surface area contributed by atoms with Crippen molar-refractivity contribution in [2.75, 3.05) is 26.9 Å². The van der Waals surface area contributed by atoms with Crippen molar-refractivity contribution in [1.29, 1.82) is 0 Å². The highest BCUT2D eigenvalue weighted by atomic mass is 35.5. The molecule has 0 spiro atoms. The van der Waals surface area contributed by atoms with Crippen molar-refractivity contribution in [2.45, 2.75) is 26.3 Å². The molecule has 0 aliphatic rings. The van der Waals surface area contributed by atoms with E-state index in [1.165, 1.54) is 0 Å². The van der Waals surface area contributed by atoms with Gasteiger partial charge in [0, 0.05) is 7.11 Å². The van der Waals surface area contributed by atoms with Crippen LogP contribution in [0.4, 0.5) is 0 Å². The van der Waals surface area contributed by atoms with Crippen molar-refractivity contribution in [3.8, 4) is 0 Å². The van der Waals surface area contributed by atoms with E-state index in [4.69, 9.17) is 9.47 Å². The van der Waals surface area contributed by atoms with Gasteiger partial charge in [0.1, 0.15) is 6.04 Å². The lowest BCUT2D eigenvalue weighted by Crippen LogP contribution is -2.41. The summed E-state index contributed by atoms with van der Waals surface area (Å²) in [6.45, 7) is 5.40. The summed E-state index contributed by atoms with van der Waals surface area (Å²) in [6.07, 6.45) is 0.986. The second kappa shape index (κ2) is 10.8. The van der Waals surface area contributed by atoms with Gasteiger partial charge < -0.3 is 14.8 Å². The number of esters is 1. The van der Waals surface area contributed by atoms with Crippen LogP contribution in [-0.2, 0) is 14.3 Å². The quantitative estimate of drug-likeness (QED) is 0.657. The average molecular weight is 226 g/mol. The largest absolute Gasteiger partial charge is 0.465 e. The first kappa shape index (κ1) is 16.1. The lowest BCUT2D eigenvalue weighted by molar-refractivity contribution is -0.147. The topological polar surface area (TPSA) is 47.6 Å². The van der Waals surface area contributed by atoms with E-state index in [9.17, 15) is 4.79 Å². The van der Waals surface area contributed by atoms with Crippen LogP contribution < -0.4 is 5.32 Å². The Morgan fingerprint density at radius 3 is 2.50 bits per heavy atom. The molecule has 0 aromatic carbocycles. The zero-order chi connectivity index (χ0) is 10.1. The predicted octanol–water partition coefficient (Wildman–Crippen LogP) is 0.986. The molecule has 0 aromatic heterocycles. The smallest absolute Gasteiger partial charge is 0.325 e. The molecule has 5 heteroatoms. The van der Waals surface area contributed by atoms with Gasteiger partial charge in [-0.25, -0.2) is 0 Å². The van der Waals surface area contributed by atoms with E-state index in [1.54, 1.807) is 14.0 Å². The fourth-order valence-corrected chi connectivity index (χ4v) is 0.938. The Kier molecular flexibility index (Phi) is 12.4. The minimum absolute atomic E-state index is 0. The van der Waals surface area contributed by atoms with Gasteiger partial charge in [-0.05, 0) is 19.9 Å². The number of hydrogen-bond acceptors (Lipinski definition) is 4. The van der Waals surface area contributed by atoms with Gasteiger partial charge in [0.15, 0.2) is 0 Å². The Labute approximate surface area is 91.8 Å². The van der Waals surface area contributed by atoms with E-state index >= 15 is 0 Å². The molecule has 1 atom stereocenters. The average Bonchev–Trinajstić information content (AvgIpc) is 2.12. The number of nitrogens with one attached hydrogen (secondary N) is 1. The van der Waals surface area contributed by atoms with Crippen LogP contribution in [0.5, 0.6) is 0 Å². The van der Waals surface area contributed by atoms with Gasteiger partial charge in [-0.1, -0.05) is 6.92 Å². The lowest BCUT2D eigenvalue weighted by Gasteiger charge is -2.15. The van der Waals surface area contributed by atoms with Gasteiger partial charge in [0.05, 0.1) is 13.2 Å². The number of hydrogen-bond donors (Lipinski definition) is 1. The number of methoxy groups -OCH3 is 1. The fraction of sp³-hybridized carbons (Fsp3) is 0.889. The van der Waals surface area contributed by atoms with Crippen LogP contribution >= 0.6 is 12.4 Å². The number of ether oxygens (including phenoxy) is 2. The molecular formula is C9H20ClNO3. The molecule has 0 aliphatic carbocycles. The van der Waals surface area contributed by atoms with E-state index in [-0.39, 0.29) is 24.4 Å². The van der Waals surface area contributed by atoms with Gasteiger partial charge in [-0.2, -0.15) is 0 Å². The van der Waals surface area contributed by atoms with Crippen LogP contribution in [-0.4, -0.2) is 38.9 Å². The molecule has 0 aliphatic heterocycles. The monoisotopic (exact) mass is 225 g/mol. The van der Waals surface area contributed by atoms with E-state index < -0.39 is 0 Å². The third-order valence-corrected chi connectivity index (χ3v) is 1.55. The summed E-state index contributed by atoms with van der Waals surface area (Å²) in [5.41, 5.74) is 0. The van der Waals surface area contributed by atoms with Crippen LogP contribution in [0.25, 0.3) is 0 Å². The first-order valence-corrected chi connectivity index (χ1v) is 4.65. The fourth-order valence-electron chi connectivity index (χ4n) is 0.938. The standard InChI is InChI=1S/C9H19NO3.ClH/c1-4-6-10-8(7-12-3)9(11)13-5-2;/h8,10H,4-7H2,1-3H3;1H. The Morgan fingerprint density at radius 2 is 2.07 bits per heavy atom. The molecule has 0 heterocycles. The molecule has 0 fully saturated rings. The first-order chi connectivity index (χ1) is 6.26. The molecule has 0 radical (unpaired) electrons. The molecule has 0 aromatic rings. The zero-order valence-corrected chi connectivity index (χ0v) is 9.86. The van der Waals surface area contributed by atoms with Gasteiger partial charge in [0.25, 0.3) is 0 Å². The number of carbonyl (C=O) groups excluding carboxylic acids is 1. The van der Waals surface area contributed by atoms with Crippen molar-refractivity contribution in [1.82, 2.24) is 5.32 Å².